The second-order valence-corrected chi connectivity index (χ2v) is 4.57. The molecule has 0 saturated carbocycles. The van der Waals surface area contributed by atoms with Crippen molar-refractivity contribution in [2.24, 2.45) is 0 Å². The molecule has 0 fully saturated rings. The summed E-state index contributed by atoms with van der Waals surface area (Å²) in [4.78, 5) is 8.30. The maximum atomic E-state index is 5.01. The zero-order valence-electron chi connectivity index (χ0n) is 11.5. The number of methoxy groups -OCH3 is 1. The smallest absolute Gasteiger partial charge is 0.0951 e. The normalized spacial score (nSPS) is 12.7. The number of hydrogen-bond donors (Lipinski definition) is 1. The van der Waals surface area contributed by atoms with Gasteiger partial charge in [0.1, 0.15) is 0 Å². The molecule has 1 N–H and O–H groups in total. The third-order valence-corrected chi connectivity index (χ3v) is 3.04. The molecule has 0 amide bonds. The second-order valence-electron chi connectivity index (χ2n) is 4.57. The number of rotatable bonds is 8. The average molecular weight is 263 g/mol. The van der Waals surface area contributed by atoms with Crippen LogP contribution < -0.4 is 5.32 Å². The maximum Gasteiger partial charge on any atom is 0.0951 e. The van der Waals surface area contributed by atoms with Gasteiger partial charge in [-0.1, -0.05) is 0 Å². The Hall–Kier alpha value is -1.66. The Morgan fingerprint density at radius 1 is 1.37 bits per heavy atom. The van der Waals surface area contributed by atoms with Crippen LogP contribution in [0.1, 0.15) is 18.7 Å². The van der Waals surface area contributed by atoms with Crippen LogP contribution >= 0.6 is 0 Å². The fourth-order valence-electron chi connectivity index (χ4n) is 2.04. The van der Waals surface area contributed by atoms with Crippen molar-refractivity contribution in [1.29, 1.82) is 0 Å². The molecule has 2 aromatic heterocycles. The molecule has 1 unspecified atom stereocenters. The van der Waals surface area contributed by atoms with Crippen molar-refractivity contribution >= 4 is 0 Å². The topological polar surface area (TPSA) is 56.9 Å². The van der Waals surface area contributed by atoms with Crippen molar-refractivity contribution < 1.29 is 4.74 Å². The van der Waals surface area contributed by atoms with Crippen LogP contribution in [0, 0.1) is 0 Å². The zero-order valence-corrected chi connectivity index (χ0v) is 11.5. The van der Waals surface area contributed by atoms with Crippen LogP contribution in [0.2, 0.25) is 0 Å². The van der Waals surface area contributed by atoms with Gasteiger partial charge in [0.25, 0.3) is 0 Å². The quantitative estimate of drug-likeness (QED) is 0.724. The van der Waals surface area contributed by atoms with Crippen LogP contribution in [0.4, 0.5) is 0 Å². The molecule has 19 heavy (non-hydrogen) atoms. The molecule has 2 aromatic rings. The summed E-state index contributed by atoms with van der Waals surface area (Å²) in [6, 6.07) is 0.343. The van der Waals surface area contributed by atoms with Crippen molar-refractivity contribution in [1.82, 2.24) is 24.4 Å². The molecular weight excluding hydrogens is 242 g/mol. The van der Waals surface area contributed by atoms with E-state index in [1.54, 1.807) is 13.3 Å². The van der Waals surface area contributed by atoms with Gasteiger partial charge in [0.05, 0.1) is 25.0 Å². The van der Waals surface area contributed by atoms with Crippen molar-refractivity contribution in [2.45, 2.75) is 26.1 Å². The lowest BCUT2D eigenvalue weighted by atomic mass is 10.3. The molecule has 0 aliphatic carbocycles. The standard InChI is InChI=1S/C13H21N5O/c1-12(9-17-5-3-15-10-17)18-11-16-8-13(18)7-14-4-6-19-2/h3,5,8,10-12,14H,4,6-7,9H2,1-2H3. The summed E-state index contributed by atoms with van der Waals surface area (Å²) in [7, 11) is 1.71. The Balaban J connectivity index is 1.90. The average Bonchev–Trinajstić information content (AvgIpc) is 3.05. The Kier molecular flexibility index (Phi) is 5.11. The molecule has 0 aromatic carbocycles. The minimum atomic E-state index is 0.343. The van der Waals surface area contributed by atoms with Gasteiger partial charge in [-0.05, 0) is 6.92 Å². The molecule has 0 spiro atoms. The SMILES string of the molecule is COCCNCc1cncn1C(C)Cn1ccnc1. The molecule has 6 heteroatoms. The Labute approximate surface area is 113 Å². The first-order chi connectivity index (χ1) is 9.31. The predicted octanol–water partition coefficient (Wildman–Crippen LogP) is 1.08. The molecule has 0 aliphatic heterocycles. The molecule has 104 valence electrons. The fourth-order valence-corrected chi connectivity index (χ4v) is 2.04. The molecule has 0 bridgehead atoms. The minimum Gasteiger partial charge on any atom is -0.383 e. The van der Waals surface area contributed by atoms with Gasteiger partial charge in [-0.15, -0.1) is 0 Å². The number of aromatic nitrogens is 4. The van der Waals surface area contributed by atoms with E-state index in [1.807, 2.05) is 25.0 Å². The molecule has 0 saturated heterocycles. The molecule has 0 aliphatic rings. The van der Waals surface area contributed by atoms with Gasteiger partial charge in [-0.25, -0.2) is 9.97 Å². The van der Waals surface area contributed by atoms with Crippen LogP contribution in [0.5, 0.6) is 0 Å². The first kappa shape index (κ1) is 13.8. The summed E-state index contributed by atoms with van der Waals surface area (Å²) in [6.45, 7) is 5.44. The van der Waals surface area contributed by atoms with E-state index in [0.29, 0.717) is 6.04 Å². The van der Waals surface area contributed by atoms with Crippen molar-refractivity contribution in [2.75, 3.05) is 20.3 Å². The van der Waals surface area contributed by atoms with E-state index in [1.165, 1.54) is 5.69 Å². The Morgan fingerprint density at radius 2 is 2.26 bits per heavy atom. The minimum absolute atomic E-state index is 0.343. The van der Waals surface area contributed by atoms with Crippen LogP contribution in [0.15, 0.2) is 31.2 Å². The lowest BCUT2D eigenvalue weighted by molar-refractivity contribution is 0.199. The highest BCUT2D eigenvalue weighted by atomic mass is 16.5. The van der Waals surface area contributed by atoms with Gasteiger partial charge in [0.15, 0.2) is 0 Å². The highest BCUT2D eigenvalue weighted by molar-refractivity contribution is 5.00. The molecule has 0 radical (unpaired) electrons. The lowest BCUT2D eigenvalue weighted by Crippen LogP contribution is -2.22. The third-order valence-electron chi connectivity index (χ3n) is 3.04. The summed E-state index contributed by atoms with van der Waals surface area (Å²) in [5, 5.41) is 3.34. The largest absolute Gasteiger partial charge is 0.383 e. The van der Waals surface area contributed by atoms with Crippen molar-refractivity contribution in [3.63, 3.8) is 0 Å². The lowest BCUT2D eigenvalue weighted by Gasteiger charge is -2.17. The van der Waals surface area contributed by atoms with Gasteiger partial charge < -0.3 is 19.2 Å². The Bertz CT molecular complexity index is 465. The van der Waals surface area contributed by atoms with E-state index in [9.17, 15) is 0 Å². The van der Waals surface area contributed by atoms with Crippen LogP contribution in [0.3, 0.4) is 0 Å². The Morgan fingerprint density at radius 3 is 3.00 bits per heavy atom. The third kappa shape index (κ3) is 3.90. The molecule has 6 nitrogen and oxygen atoms in total. The first-order valence-electron chi connectivity index (χ1n) is 6.47. The molecule has 2 rings (SSSR count). The summed E-state index contributed by atoms with van der Waals surface area (Å²) >= 11 is 0. The molecule has 1 atom stereocenters. The van der Waals surface area contributed by atoms with Gasteiger partial charge >= 0.3 is 0 Å². The zero-order chi connectivity index (χ0) is 13.5. The highest BCUT2D eigenvalue weighted by Crippen LogP contribution is 2.12. The van der Waals surface area contributed by atoms with E-state index in [4.69, 9.17) is 4.74 Å². The fraction of sp³-hybridized carbons (Fsp3) is 0.538. The summed E-state index contributed by atoms with van der Waals surface area (Å²) in [5.74, 6) is 0. The van der Waals surface area contributed by atoms with Crippen LogP contribution in [-0.2, 0) is 17.8 Å². The summed E-state index contributed by atoms with van der Waals surface area (Å²) in [5.41, 5.74) is 1.18. The van der Waals surface area contributed by atoms with E-state index < -0.39 is 0 Å². The molecular formula is C13H21N5O. The van der Waals surface area contributed by atoms with Gasteiger partial charge in [0.2, 0.25) is 0 Å². The number of ether oxygens (including phenoxy) is 1. The van der Waals surface area contributed by atoms with Gasteiger partial charge in [0, 0.05) is 51.4 Å². The highest BCUT2D eigenvalue weighted by Gasteiger charge is 2.09. The maximum absolute atomic E-state index is 5.01. The summed E-state index contributed by atoms with van der Waals surface area (Å²) in [6.07, 6.45) is 9.40. The number of nitrogens with one attached hydrogen (secondary N) is 1. The monoisotopic (exact) mass is 263 g/mol. The second kappa shape index (κ2) is 7.06. The first-order valence-corrected chi connectivity index (χ1v) is 6.47. The summed E-state index contributed by atoms with van der Waals surface area (Å²) < 4.78 is 9.28. The van der Waals surface area contributed by atoms with E-state index >= 15 is 0 Å². The molecule has 2 heterocycles. The van der Waals surface area contributed by atoms with Crippen molar-refractivity contribution in [3.8, 4) is 0 Å². The number of nitrogens with zero attached hydrogens (tertiary/aromatic N) is 4. The number of hydrogen-bond acceptors (Lipinski definition) is 4. The predicted molar refractivity (Wildman–Crippen MR) is 72.7 cm³/mol. The van der Waals surface area contributed by atoms with Crippen molar-refractivity contribution in [3.05, 3.63) is 36.9 Å². The van der Waals surface area contributed by atoms with Gasteiger partial charge in [-0.3, -0.25) is 0 Å². The number of imidazole rings is 2. The van der Waals surface area contributed by atoms with E-state index in [2.05, 4.69) is 31.3 Å². The van der Waals surface area contributed by atoms with Crippen LogP contribution in [0.25, 0.3) is 0 Å². The van der Waals surface area contributed by atoms with Crippen LogP contribution in [-0.4, -0.2) is 39.4 Å². The van der Waals surface area contributed by atoms with E-state index in [-0.39, 0.29) is 0 Å². The van der Waals surface area contributed by atoms with Gasteiger partial charge in [-0.2, -0.15) is 0 Å². The van der Waals surface area contributed by atoms with E-state index in [0.717, 1.165) is 26.2 Å².